The van der Waals surface area contributed by atoms with Crippen molar-refractivity contribution >= 4 is 17.5 Å². The predicted molar refractivity (Wildman–Crippen MR) is 126 cm³/mol. The molecule has 0 aromatic heterocycles. The quantitative estimate of drug-likeness (QED) is 0.682. The van der Waals surface area contributed by atoms with E-state index in [1.165, 1.54) is 6.42 Å². The van der Waals surface area contributed by atoms with E-state index in [1.807, 2.05) is 60.4 Å². The molecule has 3 rings (SSSR count). The Morgan fingerprint density at radius 2 is 1.81 bits per heavy atom. The second kappa shape index (κ2) is 10.6. The number of nitrogens with one attached hydrogen (secondary N) is 1. The SMILES string of the molecule is CCN(CC)C(C(=O)Nc1ccc(C(=O)N2CCCCC2C)cc1C)c1ccccc1. The van der Waals surface area contributed by atoms with Crippen LogP contribution >= 0.6 is 0 Å². The van der Waals surface area contributed by atoms with E-state index in [9.17, 15) is 9.59 Å². The number of carbonyl (C=O) groups excluding carboxylic acids is 2. The molecule has 1 fully saturated rings. The predicted octanol–water partition coefficient (Wildman–Crippen LogP) is 5.03. The minimum Gasteiger partial charge on any atom is -0.336 e. The Morgan fingerprint density at radius 1 is 1.10 bits per heavy atom. The number of hydrogen-bond acceptors (Lipinski definition) is 3. The van der Waals surface area contributed by atoms with E-state index in [2.05, 4.69) is 31.0 Å². The minimum absolute atomic E-state index is 0.0540. The molecule has 1 heterocycles. The third-order valence-electron chi connectivity index (χ3n) is 6.34. The topological polar surface area (TPSA) is 52.7 Å². The summed E-state index contributed by atoms with van der Waals surface area (Å²) in [7, 11) is 0. The van der Waals surface area contributed by atoms with E-state index in [-0.39, 0.29) is 23.9 Å². The summed E-state index contributed by atoms with van der Waals surface area (Å²) in [4.78, 5) is 30.4. The average Bonchev–Trinajstić information content (AvgIpc) is 2.79. The molecule has 5 nitrogen and oxygen atoms in total. The van der Waals surface area contributed by atoms with Crippen LogP contribution in [0.25, 0.3) is 0 Å². The first-order valence-corrected chi connectivity index (χ1v) is 11.5. The molecule has 31 heavy (non-hydrogen) atoms. The Kier molecular flexibility index (Phi) is 7.85. The van der Waals surface area contributed by atoms with Crippen molar-refractivity contribution in [1.82, 2.24) is 9.80 Å². The monoisotopic (exact) mass is 421 g/mol. The van der Waals surface area contributed by atoms with E-state index in [1.54, 1.807) is 0 Å². The van der Waals surface area contributed by atoms with Crippen LogP contribution in [0.5, 0.6) is 0 Å². The second-order valence-electron chi connectivity index (χ2n) is 8.40. The van der Waals surface area contributed by atoms with E-state index in [0.717, 1.165) is 49.3 Å². The first-order valence-electron chi connectivity index (χ1n) is 11.5. The van der Waals surface area contributed by atoms with Crippen molar-refractivity contribution < 1.29 is 9.59 Å². The zero-order valence-corrected chi connectivity index (χ0v) is 19.2. The number of piperidine rings is 1. The Balaban J connectivity index is 1.79. The van der Waals surface area contributed by atoms with Crippen molar-refractivity contribution in [2.45, 2.75) is 59.0 Å². The highest BCUT2D eigenvalue weighted by Gasteiger charge is 2.27. The molecule has 0 saturated carbocycles. The maximum atomic E-state index is 13.3. The summed E-state index contributed by atoms with van der Waals surface area (Å²) < 4.78 is 0. The minimum atomic E-state index is -0.355. The maximum absolute atomic E-state index is 13.3. The van der Waals surface area contributed by atoms with Gasteiger partial charge < -0.3 is 10.2 Å². The number of amides is 2. The molecule has 2 unspecified atom stereocenters. The summed E-state index contributed by atoms with van der Waals surface area (Å²) in [6, 6.07) is 15.4. The number of likely N-dealkylation sites (tertiary alicyclic amines) is 1. The van der Waals surface area contributed by atoms with Crippen LogP contribution in [0.2, 0.25) is 0 Å². The molecule has 2 atom stereocenters. The maximum Gasteiger partial charge on any atom is 0.254 e. The normalized spacial score (nSPS) is 17.5. The first-order chi connectivity index (χ1) is 15.0. The molecule has 1 aliphatic rings. The molecule has 0 spiro atoms. The fraction of sp³-hybridized carbons (Fsp3) is 0.462. The fourth-order valence-electron chi connectivity index (χ4n) is 4.46. The third-order valence-corrected chi connectivity index (χ3v) is 6.34. The van der Waals surface area contributed by atoms with Gasteiger partial charge in [-0.1, -0.05) is 44.2 Å². The van der Waals surface area contributed by atoms with Crippen LogP contribution in [0.4, 0.5) is 5.69 Å². The Bertz CT molecular complexity index is 893. The number of nitrogens with zero attached hydrogens (tertiary/aromatic N) is 2. The van der Waals surface area contributed by atoms with Gasteiger partial charge in [0.05, 0.1) is 0 Å². The lowest BCUT2D eigenvalue weighted by Gasteiger charge is -2.33. The number of hydrogen-bond donors (Lipinski definition) is 1. The van der Waals surface area contributed by atoms with Gasteiger partial charge in [-0.15, -0.1) is 0 Å². The lowest BCUT2D eigenvalue weighted by atomic mass is 10.0. The first kappa shape index (κ1) is 23.0. The largest absolute Gasteiger partial charge is 0.336 e. The standard InChI is InChI=1S/C26H35N3O2/c1-5-28(6-2)24(21-13-8-7-9-14-21)25(30)27-23-16-15-22(18-19(23)3)26(31)29-17-11-10-12-20(29)4/h7-9,13-16,18,20,24H,5-6,10-12,17H2,1-4H3,(H,27,30). The molecule has 0 radical (unpaired) electrons. The molecule has 0 aliphatic carbocycles. The fourth-order valence-corrected chi connectivity index (χ4v) is 4.46. The van der Waals surface area contributed by atoms with Gasteiger partial charge in [-0.3, -0.25) is 14.5 Å². The average molecular weight is 422 g/mol. The van der Waals surface area contributed by atoms with Crippen LogP contribution in [0.3, 0.4) is 0 Å². The lowest BCUT2D eigenvalue weighted by molar-refractivity contribution is -0.121. The molecule has 5 heteroatoms. The van der Waals surface area contributed by atoms with Gasteiger partial charge >= 0.3 is 0 Å². The van der Waals surface area contributed by atoms with Gasteiger partial charge in [0, 0.05) is 23.8 Å². The summed E-state index contributed by atoms with van der Waals surface area (Å²) in [5.74, 6) is 0.0280. The summed E-state index contributed by atoms with van der Waals surface area (Å²) in [6.45, 7) is 10.6. The van der Waals surface area contributed by atoms with Gasteiger partial charge in [-0.05, 0) is 75.5 Å². The van der Waals surface area contributed by atoms with Crippen LogP contribution in [0.1, 0.15) is 67.6 Å². The van der Waals surface area contributed by atoms with Crippen LogP contribution in [-0.2, 0) is 4.79 Å². The molecule has 166 valence electrons. The van der Waals surface area contributed by atoms with Crippen molar-refractivity contribution in [3.8, 4) is 0 Å². The number of aryl methyl sites for hydroxylation is 1. The molecule has 2 aromatic carbocycles. The van der Waals surface area contributed by atoms with Gasteiger partial charge in [-0.2, -0.15) is 0 Å². The van der Waals surface area contributed by atoms with Crippen LogP contribution in [-0.4, -0.2) is 47.3 Å². The van der Waals surface area contributed by atoms with Crippen molar-refractivity contribution in [2.24, 2.45) is 0 Å². The highest BCUT2D eigenvalue weighted by Crippen LogP contribution is 2.26. The number of carbonyl (C=O) groups is 2. The van der Waals surface area contributed by atoms with Gasteiger partial charge in [0.25, 0.3) is 5.91 Å². The number of likely N-dealkylation sites (N-methyl/N-ethyl adjacent to an activating group) is 1. The molecule has 0 bridgehead atoms. The molecular formula is C26H35N3O2. The Labute approximate surface area is 186 Å². The Morgan fingerprint density at radius 3 is 2.42 bits per heavy atom. The number of anilines is 1. The zero-order valence-electron chi connectivity index (χ0n) is 19.2. The molecule has 1 N–H and O–H groups in total. The molecule has 2 aromatic rings. The molecular weight excluding hydrogens is 386 g/mol. The number of rotatable bonds is 7. The highest BCUT2D eigenvalue weighted by atomic mass is 16.2. The Hall–Kier alpha value is -2.66. The summed E-state index contributed by atoms with van der Waals surface area (Å²) in [6.07, 6.45) is 3.31. The van der Waals surface area contributed by atoms with Gasteiger partial charge in [0.1, 0.15) is 6.04 Å². The van der Waals surface area contributed by atoms with E-state index in [0.29, 0.717) is 5.56 Å². The van der Waals surface area contributed by atoms with Gasteiger partial charge in [0.2, 0.25) is 5.91 Å². The smallest absolute Gasteiger partial charge is 0.254 e. The van der Waals surface area contributed by atoms with E-state index in [4.69, 9.17) is 0 Å². The zero-order chi connectivity index (χ0) is 22.4. The van der Waals surface area contributed by atoms with Gasteiger partial charge in [-0.25, -0.2) is 0 Å². The van der Waals surface area contributed by atoms with E-state index < -0.39 is 0 Å². The summed E-state index contributed by atoms with van der Waals surface area (Å²) in [5, 5.41) is 3.11. The van der Waals surface area contributed by atoms with Gasteiger partial charge in [0.15, 0.2) is 0 Å². The van der Waals surface area contributed by atoms with Crippen molar-refractivity contribution in [3.63, 3.8) is 0 Å². The molecule has 1 aliphatic heterocycles. The lowest BCUT2D eigenvalue weighted by Crippen LogP contribution is -2.42. The van der Waals surface area contributed by atoms with Crippen molar-refractivity contribution in [3.05, 3.63) is 65.2 Å². The van der Waals surface area contributed by atoms with Crippen molar-refractivity contribution in [1.29, 1.82) is 0 Å². The molecule has 2 amide bonds. The molecule has 1 saturated heterocycles. The van der Waals surface area contributed by atoms with Crippen LogP contribution < -0.4 is 5.32 Å². The van der Waals surface area contributed by atoms with Crippen LogP contribution in [0, 0.1) is 6.92 Å². The van der Waals surface area contributed by atoms with Crippen molar-refractivity contribution in [2.75, 3.05) is 25.0 Å². The summed E-state index contributed by atoms with van der Waals surface area (Å²) in [5.41, 5.74) is 3.32. The van der Waals surface area contributed by atoms with Crippen LogP contribution in [0.15, 0.2) is 48.5 Å². The number of benzene rings is 2. The summed E-state index contributed by atoms with van der Waals surface area (Å²) >= 11 is 0. The third kappa shape index (κ3) is 5.34. The van der Waals surface area contributed by atoms with E-state index >= 15 is 0 Å². The highest BCUT2D eigenvalue weighted by molar-refractivity contribution is 5.98. The second-order valence-corrected chi connectivity index (χ2v) is 8.40.